The average Bonchev–Trinajstić information content (AvgIpc) is 2.89. The number of aliphatic carboxylic acids is 1. The van der Waals surface area contributed by atoms with Crippen LogP contribution in [0.15, 0.2) is 98.5 Å². The lowest BCUT2D eigenvalue weighted by Crippen LogP contribution is -2.20. The van der Waals surface area contributed by atoms with Crippen LogP contribution in [-0.4, -0.2) is 36.9 Å². The van der Waals surface area contributed by atoms with Crippen LogP contribution in [0.5, 0.6) is 0 Å². The maximum absolute atomic E-state index is 15.5. The van der Waals surface area contributed by atoms with Gasteiger partial charge in [-0.2, -0.15) is 0 Å². The number of hydrogen-bond acceptors (Lipinski definition) is 4. The van der Waals surface area contributed by atoms with E-state index in [4.69, 9.17) is 0 Å². The fourth-order valence-electron chi connectivity index (χ4n) is 4.33. The topological polar surface area (TPSA) is 61.7 Å². The quantitative estimate of drug-likeness (QED) is 0.0675. The highest BCUT2D eigenvalue weighted by molar-refractivity contribution is 8.07. The van der Waals surface area contributed by atoms with Gasteiger partial charge in [0.1, 0.15) is 5.82 Å². The van der Waals surface area contributed by atoms with Crippen LogP contribution in [-0.2, 0) is 4.79 Å². The van der Waals surface area contributed by atoms with Crippen LogP contribution >= 0.6 is 11.8 Å². The van der Waals surface area contributed by atoms with Crippen molar-refractivity contribution in [2.75, 3.05) is 20.1 Å². The Bertz CT molecular complexity index is 1300. The van der Waals surface area contributed by atoms with E-state index in [0.29, 0.717) is 27.5 Å². The second-order valence-electron chi connectivity index (χ2n) is 10.8. The molecule has 0 fully saturated rings. The van der Waals surface area contributed by atoms with Gasteiger partial charge in [0, 0.05) is 34.7 Å². The van der Waals surface area contributed by atoms with E-state index in [-0.39, 0.29) is 16.6 Å². The Balaban J connectivity index is 3.86. The molecule has 0 radical (unpaired) electrons. The van der Waals surface area contributed by atoms with E-state index in [1.54, 1.807) is 39.1 Å². The van der Waals surface area contributed by atoms with Crippen molar-refractivity contribution in [2.24, 2.45) is 16.8 Å². The molecule has 1 atom stereocenters. The van der Waals surface area contributed by atoms with Gasteiger partial charge in [-0.3, -0.25) is 4.99 Å². The summed E-state index contributed by atoms with van der Waals surface area (Å²) in [6.07, 6.45) is 3.58. The molecule has 0 aliphatic rings. The highest BCUT2D eigenvalue weighted by Gasteiger charge is 2.23. The number of aliphatic imine (C=N–C) groups is 1. The minimum absolute atomic E-state index is 0.216. The zero-order chi connectivity index (χ0) is 31.3. The predicted molar refractivity (Wildman–Crippen MR) is 177 cm³/mol. The van der Waals surface area contributed by atoms with Gasteiger partial charge < -0.3 is 10.4 Å². The third kappa shape index (κ3) is 11.0. The molecule has 1 aromatic rings. The van der Waals surface area contributed by atoms with E-state index in [0.717, 1.165) is 65.7 Å². The van der Waals surface area contributed by atoms with Crippen LogP contribution in [0.25, 0.3) is 5.57 Å². The Labute approximate surface area is 251 Å². The third-order valence-corrected chi connectivity index (χ3v) is 7.93. The van der Waals surface area contributed by atoms with E-state index in [2.05, 4.69) is 49.6 Å². The van der Waals surface area contributed by atoms with E-state index < -0.39 is 5.97 Å². The van der Waals surface area contributed by atoms with Gasteiger partial charge in [0.2, 0.25) is 0 Å². The summed E-state index contributed by atoms with van der Waals surface area (Å²) in [7, 11) is 1.71. The smallest absolute Gasteiger partial charge is 0.342 e. The number of thioether (sulfide) groups is 1. The van der Waals surface area contributed by atoms with Gasteiger partial charge in [-0.1, -0.05) is 87.7 Å². The lowest BCUT2D eigenvalue weighted by Gasteiger charge is -2.23. The average molecular weight is 579 g/mol. The molecule has 6 heteroatoms. The summed E-state index contributed by atoms with van der Waals surface area (Å²) in [5.41, 5.74) is 8.70. The molecule has 222 valence electrons. The van der Waals surface area contributed by atoms with E-state index in [1.807, 2.05) is 26.8 Å². The highest BCUT2D eigenvalue weighted by atomic mass is 32.2. The molecule has 0 spiro atoms. The molecular weight excluding hydrogens is 531 g/mol. The number of nitrogens with zero attached hydrogens (tertiary/aromatic N) is 1. The Morgan fingerprint density at radius 3 is 2.27 bits per heavy atom. The van der Waals surface area contributed by atoms with Crippen LogP contribution < -0.4 is 5.32 Å². The summed E-state index contributed by atoms with van der Waals surface area (Å²) in [6.45, 7) is 28.0. The van der Waals surface area contributed by atoms with Crippen molar-refractivity contribution in [1.82, 2.24) is 5.32 Å². The third-order valence-electron chi connectivity index (χ3n) is 6.41. The lowest BCUT2D eigenvalue weighted by atomic mass is 9.83. The lowest BCUT2D eigenvalue weighted by molar-refractivity contribution is -0.131. The maximum atomic E-state index is 15.5. The zero-order valence-electron chi connectivity index (χ0n) is 26.1. The minimum Gasteiger partial charge on any atom is -0.477 e. The normalized spacial score (nSPS) is 13.3. The molecule has 0 aliphatic carbocycles. The molecule has 41 heavy (non-hydrogen) atoms. The van der Waals surface area contributed by atoms with Crippen molar-refractivity contribution >= 4 is 29.0 Å². The van der Waals surface area contributed by atoms with Crippen molar-refractivity contribution in [2.45, 2.75) is 61.3 Å². The fraction of sp³-hybridized carbons (Fsp3) is 0.400. The molecule has 1 rings (SSSR count). The van der Waals surface area contributed by atoms with Crippen molar-refractivity contribution in [3.05, 3.63) is 105 Å². The van der Waals surface area contributed by atoms with Crippen molar-refractivity contribution < 1.29 is 14.3 Å². The molecular formula is C35H47FN2O2S. The summed E-state index contributed by atoms with van der Waals surface area (Å²) in [5.74, 6) is -1.14. The van der Waals surface area contributed by atoms with Gasteiger partial charge in [-0.05, 0) is 82.3 Å². The van der Waals surface area contributed by atoms with Gasteiger partial charge in [-0.15, -0.1) is 5.73 Å². The molecule has 4 nitrogen and oxygen atoms in total. The first-order chi connectivity index (χ1) is 19.3. The maximum Gasteiger partial charge on any atom is 0.342 e. The number of carboxylic acid groups (broad SMARTS) is 1. The summed E-state index contributed by atoms with van der Waals surface area (Å²) >= 11 is 1.12. The molecule has 0 bridgehead atoms. The predicted octanol–water partition coefficient (Wildman–Crippen LogP) is 9.17. The Morgan fingerprint density at radius 2 is 1.78 bits per heavy atom. The SMILES string of the molecule is C=C=C(SC(C(=O)O)=C(C)C)C(C)\C=C(C(/C(C)=N\C)=C(/C(=C)C)C(=C)CCCNCC(C)C)\c1ccccc1F. The summed E-state index contributed by atoms with van der Waals surface area (Å²) in [5, 5.41) is 13.2. The zero-order valence-corrected chi connectivity index (χ0v) is 26.9. The monoisotopic (exact) mass is 578 g/mol. The molecule has 0 aromatic heterocycles. The van der Waals surface area contributed by atoms with E-state index in [9.17, 15) is 9.90 Å². The number of hydrogen-bond donors (Lipinski definition) is 2. The summed E-state index contributed by atoms with van der Waals surface area (Å²) in [4.78, 5) is 17.2. The molecule has 2 N–H and O–H groups in total. The number of nitrogens with one attached hydrogen (secondary N) is 1. The van der Waals surface area contributed by atoms with Gasteiger partial charge in [-0.25, -0.2) is 9.18 Å². The van der Waals surface area contributed by atoms with Crippen LogP contribution in [0, 0.1) is 17.7 Å². The number of rotatable bonds is 16. The second kappa shape index (κ2) is 17.6. The van der Waals surface area contributed by atoms with Gasteiger partial charge >= 0.3 is 5.97 Å². The second-order valence-corrected chi connectivity index (χ2v) is 11.8. The van der Waals surface area contributed by atoms with E-state index in [1.165, 1.54) is 6.07 Å². The van der Waals surface area contributed by atoms with E-state index >= 15 is 4.39 Å². The Morgan fingerprint density at radius 1 is 1.15 bits per heavy atom. The number of allylic oxidation sites excluding steroid dienone is 8. The first-order valence-electron chi connectivity index (χ1n) is 13.9. The Kier molecular flexibility index (Phi) is 15.4. The molecule has 1 aromatic carbocycles. The Hall–Kier alpha value is -3.18. The van der Waals surface area contributed by atoms with Crippen molar-refractivity contribution in [3.63, 3.8) is 0 Å². The number of carbonyl (C=O) groups is 1. The number of halogens is 1. The molecule has 0 amide bonds. The van der Waals surface area contributed by atoms with Crippen LogP contribution in [0.3, 0.4) is 0 Å². The first-order valence-corrected chi connectivity index (χ1v) is 14.8. The first kappa shape index (κ1) is 35.8. The van der Waals surface area contributed by atoms with Crippen molar-refractivity contribution in [1.29, 1.82) is 0 Å². The number of carboxylic acids is 1. The highest BCUT2D eigenvalue weighted by Crippen LogP contribution is 2.39. The summed E-state index contributed by atoms with van der Waals surface area (Å²) < 4.78 is 15.5. The minimum atomic E-state index is -1.01. The molecule has 0 heterocycles. The van der Waals surface area contributed by atoms with Gasteiger partial charge in [0.05, 0.1) is 4.91 Å². The molecule has 0 saturated carbocycles. The summed E-state index contributed by atoms with van der Waals surface area (Å²) in [6, 6.07) is 6.64. The van der Waals surface area contributed by atoms with Crippen molar-refractivity contribution in [3.8, 4) is 0 Å². The van der Waals surface area contributed by atoms with Crippen LogP contribution in [0.1, 0.15) is 66.9 Å². The number of benzene rings is 1. The van der Waals surface area contributed by atoms with Gasteiger partial charge in [0.15, 0.2) is 0 Å². The standard InChI is InChI=1S/C35H47FN2O2S/c1-12-31(41-34(24(6)7)35(39)40)26(9)20-29(28-17-13-14-18-30(28)36)33(27(10)37-11)32(23(4)5)25(8)16-15-19-38-21-22(2)3/h13-14,17-18,20,22,26,38H,1,4,8,15-16,19,21H2,2-3,5-7,9-11H3,(H,39,40)/b29-20-,33-32-,37-27-. The molecule has 0 saturated heterocycles. The molecule has 1 unspecified atom stereocenters. The fourth-order valence-corrected chi connectivity index (χ4v) is 5.17. The van der Waals surface area contributed by atoms with Crippen LogP contribution in [0.4, 0.5) is 4.39 Å². The van der Waals surface area contributed by atoms with Gasteiger partial charge in [0.25, 0.3) is 0 Å². The largest absolute Gasteiger partial charge is 0.477 e. The van der Waals surface area contributed by atoms with Crippen LogP contribution in [0.2, 0.25) is 0 Å². The molecule has 0 aliphatic heterocycles.